The molecule has 0 spiro atoms. The normalized spacial score (nSPS) is 14.2. The van der Waals surface area contributed by atoms with Gasteiger partial charge in [0, 0.05) is 12.3 Å². The minimum Gasteiger partial charge on any atom is -0.463 e. The van der Waals surface area contributed by atoms with Crippen LogP contribution in [0.2, 0.25) is 0 Å². The van der Waals surface area contributed by atoms with Gasteiger partial charge >= 0.3 is 0 Å². The van der Waals surface area contributed by atoms with E-state index in [0.717, 1.165) is 12.3 Å². The summed E-state index contributed by atoms with van der Waals surface area (Å²) in [6.07, 6.45) is 0.975. The Morgan fingerprint density at radius 3 is 2.50 bits per heavy atom. The molecule has 2 aromatic rings. The summed E-state index contributed by atoms with van der Waals surface area (Å²) in [6.45, 7) is 3.19. The minimum absolute atomic E-state index is 0.0565. The van der Waals surface area contributed by atoms with Crippen molar-refractivity contribution in [3.8, 4) is 0 Å². The van der Waals surface area contributed by atoms with Crippen LogP contribution in [-0.4, -0.2) is 31.2 Å². The molecular formula is C15H18N2O6S. The molecule has 0 amide bonds. The minimum atomic E-state index is -3.56. The molecule has 0 aliphatic carbocycles. The second-order valence-electron chi connectivity index (χ2n) is 5.75. The lowest BCUT2D eigenvalue weighted by molar-refractivity contribution is -0.384. The molecule has 0 aliphatic rings. The summed E-state index contributed by atoms with van der Waals surface area (Å²) in [5.74, 6) is 0.955. The fourth-order valence-corrected chi connectivity index (χ4v) is 2.76. The zero-order valence-electron chi connectivity index (χ0n) is 13.4. The maximum atomic E-state index is 11.5. The van der Waals surface area contributed by atoms with Crippen molar-refractivity contribution in [3.63, 3.8) is 0 Å². The lowest BCUT2D eigenvalue weighted by Gasteiger charge is -2.22. The van der Waals surface area contributed by atoms with Gasteiger partial charge in [0.05, 0.1) is 16.4 Å². The zero-order chi connectivity index (χ0) is 18.1. The van der Waals surface area contributed by atoms with Crippen molar-refractivity contribution >= 4 is 21.2 Å². The molecule has 0 bridgehead atoms. The van der Waals surface area contributed by atoms with Gasteiger partial charge in [0.15, 0.2) is 9.84 Å². The van der Waals surface area contributed by atoms with Crippen molar-refractivity contribution < 1.29 is 22.9 Å². The van der Waals surface area contributed by atoms with Crippen LogP contribution in [0.4, 0.5) is 11.4 Å². The number of hydrogen-bond acceptors (Lipinski definition) is 7. The summed E-state index contributed by atoms with van der Waals surface area (Å²) >= 11 is 0. The zero-order valence-corrected chi connectivity index (χ0v) is 14.3. The first kappa shape index (κ1) is 18.0. The van der Waals surface area contributed by atoms with E-state index in [1.165, 1.54) is 19.1 Å². The molecular weight excluding hydrogens is 336 g/mol. The second kappa shape index (κ2) is 6.25. The third-order valence-corrected chi connectivity index (χ3v) is 4.60. The Labute approximate surface area is 139 Å². The molecule has 1 atom stereocenters. The van der Waals surface area contributed by atoms with Crippen molar-refractivity contribution in [1.29, 1.82) is 0 Å². The van der Waals surface area contributed by atoms with Crippen molar-refractivity contribution in [2.75, 3.05) is 18.1 Å². The molecule has 2 rings (SSSR count). The molecule has 1 aromatic heterocycles. The predicted molar refractivity (Wildman–Crippen MR) is 87.7 cm³/mol. The standard InChI is InChI=1S/C15H18N2O6S/c1-10-4-7-14(23-10)15(2,18)9-16-12-6-5-11(24(3,21)22)8-13(12)17(19)20/h4-8,16,18H,9H2,1-3H3. The predicted octanol–water partition coefficient (Wildman–Crippen LogP) is 2.22. The number of nitro groups is 1. The number of rotatable bonds is 6. The summed E-state index contributed by atoms with van der Waals surface area (Å²) in [6, 6.07) is 6.89. The van der Waals surface area contributed by atoms with Crippen LogP contribution in [0.1, 0.15) is 18.4 Å². The van der Waals surface area contributed by atoms with Crippen molar-refractivity contribution in [2.24, 2.45) is 0 Å². The van der Waals surface area contributed by atoms with Gasteiger partial charge in [0.2, 0.25) is 0 Å². The number of nitro benzene ring substituents is 1. The number of nitrogens with zero attached hydrogens (tertiary/aromatic N) is 1. The lowest BCUT2D eigenvalue weighted by Crippen LogP contribution is -2.30. The third-order valence-electron chi connectivity index (χ3n) is 3.49. The van der Waals surface area contributed by atoms with Crippen LogP contribution in [0, 0.1) is 17.0 Å². The van der Waals surface area contributed by atoms with Crippen LogP contribution >= 0.6 is 0 Å². The van der Waals surface area contributed by atoms with Crippen LogP contribution in [-0.2, 0) is 15.4 Å². The van der Waals surface area contributed by atoms with E-state index in [2.05, 4.69) is 5.32 Å². The van der Waals surface area contributed by atoms with Crippen molar-refractivity contribution in [2.45, 2.75) is 24.3 Å². The van der Waals surface area contributed by atoms with Gasteiger partial charge in [-0.05, 0) is 38.1 Å². The van der Waals surface area contributed by atoms with Gasteiger partial charge in [0.25, 0.3) is 5.69 Å². The number of nitrogens with one attached hydrogen (secondary N) is 1. The van der Waals surface area contributed by atoms with Gasteiger partial charge in [-0.2, -0.15) is 0 Å². The molecule has 1 unspecified atom stereocenters. The van der Waals surface area contributed by atoms with E-state index in [-0.39, 0.29) is 22.8 Å². The summed E-state index contributed by atoms with van der Waals surface area (Å²) in [5, 5.41) is 24.4. The number of benzene rings is 1. The van der Waals surface area contributed by atoms with Gasteiger partial charge in [0.1, 0.15) is 22.8 Å². The van der Waals surface area contributed by atoms with Gasteiger partial charge < -0.3 is 14.8 Å². The lowest BCUT2D eigenvalue weighted by atomic mass is 10.0. The quantitative estimate of drug-likeness (QED) is 0.602. The highest BCUT2D eigenvalue weighted by atomic mass is 32.2. The highest BCUT2D eigenvalue weighted by Crippen LogP contribution is 2.29. The van der Waals surface area contributed by atoms with E-state index in [9.17, 15) is 23.6 Å². The Hall–Kier alpha value is -2.39. The summed E-state index contributed by atoms with van der Waals surface area (Å²) < 4.78 is 28.4. The van der Waals surface area contributed by atoms with Gasteiger partial charge in [-0.1, -0.05) is 0 Å². The summed E-state index contributed by atoms with van der Waals surface area (Å²) in [7, 11) is -3.56. The van der Waals surface area contributed by atoms with E-state index >= 15 is 0 Å². The first-order chi connectivity index (χ1) is 11.0. The van der Waals surface area contributed by atoms with E-state index in [1.54, 1.807) is 19.1 Å². The highest BCUT2D eigenvalue weighted by Gasteiger charge is 2.28. The molecule has 1 heterocycles. The van der Waals surface area contributed by atoms with Crippen LogP contribution in [0.5, 0.6) is 0 Å². The van der Waals surface area contributed by atoms with E-state index < -0.39 is 20.4 Å². The van der Waals surface area contributed by atoms with Gasteiger partial charge in [-0.15, -0.1) is 0 Å². The first-order valence-electron chi connectivity index (χ1n) is 7.02. The molecule has 24 heavy (non-hydrogen) atoms. The monoisotopic (exact) mass is 354 g/mol. The highest BCUT2D eigenvalue weighted by molar-refractivity contribution is 7.90. The number of aryl methyl sites for hydroxylation is 1. The third kappa shape index (κ3) is 3.92. The Kier molecular flexibility index (Phi) is 4.68. The molecule has 1 aromatic carbocycles. The van der Waals surface area contributed by atoms with E-state index in [0.29, 0.717) is 11.5 Å². The average Bonchev–Trinajstić information content (AvgIpc) is 2.91. The maximum Gasteiger partial charge on any atom is 0.293 e. The van der Waals surface area contributed by atoms with Crippen LogP contribution in [0.15, 0.2) is 39.6 Å². The first-order valence-corrected chi connectivity index (χ1v) is 8.91. The Bertz CT molecular complexity index is 870. The summed E-state index contributed by atoms with van der Waals surface area (Å²) in [4.78, 5) is 10.4. The molecule has 9 heteroatoms. The Morgan fingerprint density at radius 2 is 2.00 bits per heavy atom. The second-order valence-corrected chi connectivity index (χ2v) is 7.76. The fraction of sp³-hybridized carbons (Fsp3) is 0.333. The number of hydrogen-bond donors (Lipinski definition) is 2. The number of sulfone groups is 1. The van der Waals surface area contributed by atoms with Crippen LogP contribution in [0.25, 0.3) is 0 Å². The molecule has 0 saturated heterocycles. The molecule has 0 saturated carbocycles. The molecule has 0 radical (unpaired) electrons. The largest absolute Gasteiger partial charge is 0.463 e. The van der Waals surface area contributed by atoms with Crippen LogP contribution in [0.3, 0.4) is 0 Å². The SMILES string of the molecule is Cc1ccc(C(C)(O)CNc2ccc(S(C)(=O)=O)cc2[N+](=O)[O-])o1. The fourth-order valence-electron chi connectivity index (χ4n) is 2.12. The van der Waals surface area contributed by atoms with Gasteiger partial charge in [-0.25, -0.2) is 8.42 Å². The molecule has 130 valence electrons. The van der Waals surface area contributed by atoms with Crippen molar-refractivity contribution in [3.05, 3.63) is 52.0 Å². The van der Waals surface area contributed by atoms with E-state index in [1.807, 2.05) is 0 Å². The molecule has 0 aliphatic heterocycles. The smallest absolute Gasteiger partial charge is 0.293 e. The topological polar surface area (TPSA) is 123 Å². The molecule has 8 nitrogen and oxygen atoms in total. The number of aliphatic hydroxyl groups is 1. The number of anilines is 1. The Balaban J connectivity index is 2.28. The average molecular weight is 354 g/mol. The van der Waals surface area contributed by atoms with Crippen molar-refractivity contribution in [1.82, 2.24) is 0 Å². The maximum absolute atomic E-state index is 11.5. The van der Waals surface area contributed by atoms with E-state index in [4.69, 9.17) is 4.42 Å². The molecule has 0 fully saturated rings. The van der Waals surface area contributed by atoms with Crippen LogP contribution < -0.4 is 5.32 Å². The van der Waals surface area contributed by atoms with Gasteiger partial charge in [-0.3, -0.25) is 10.1 Å². The summed E-state index contributed by atoms with van der Waals surface area (Å²) in [5.41, 5.74) is -1.67. The number of furan rings is 1. The molecule has 2 N–H and O–H groups in total. The Morgan fingerprint density at radius 1 is 1.33 bits per heavy atom.